The Morgan fingerprint density at radius 1 is 1.00 bits per heavy atom. The molecule has 0 aromatic heterocycles. The molecule has 1 aromatic carbocycles. The molecule has 2 fully saturated rings. The van der Waals surface area contributed by atoms with Crippen LogP contribution in [0.5, 0.6) is 0 Å². The molecule has 7 heteroatoms. The molecule has 0 unspecified atom stereocenters. The fraction of sp³-hybridized carbons (Fsp3) is 0.571. The van der Waals surface area contributed by atoms with Gasteiger partial charge in [0, 0.05) is 39.3 Å². The van der Waals surface area contributed by atoms with E-state index in [9.17, 15) is 8.42 Å². The third-order valence-corrected chi connectivity index (χ3v) is 5.53. The second-order valence-corrected chi connectivity index (χ2v) is 7.14. The predicted molar refractivity (Wildman–Crippen MR) is 84.9 cm³/mol. The molecular weight excluding hydrogens is 288 g/mol. The first-order valence-electron chi connectivity index (χ1n) is 7.49. The van der Waals surface area contributed by atoms with Crippen molar-refractivity contribution in [3.63, 3.8) is 0 Å². The molecule has 116 valence electrons. The number of hydrogen-bond acceptors (Lipinski definition) is 4. The van der Waals surface area contributed by atoms with E-state index in [4.69, 9.17) is 0 Å². The molecule has 6 nitrogen and oxygen atoms in total. The summed E-state index contributed by atoms with van der Waals surface area (Å²) in [6.07, 6.45) is 2.33. The van der Waals surface area contributed by atoms with Crippen LogP contribution in [-0.4, -0.2) is 52.0 Å². The lowest BCUT2D eigenvalue weighted by Gasteiger charge is -2.28. The summed E-state index contributed by atoms with van der Waals surface area (Å²) in [4.78, 5) is 2.25. The monoisotopic (exact) mass is 310 g/mol. The van der Waals surface area contributed by atoms with Crippen LogP contribution in [0.3, 0.4) is 0 Å². The standard InChI is InChI=1S/C14H22N4O2S/c19-21(20,18-11-7-15-8-12-18)16-13-5-1-2-6-14(13)17-9-3-4-10-17/h1-2,5-6,15-16H,3-4,7-12H2. The lowest BCUT2D eigenvalue weighted by atomic mass is 10.2. The predicted octanol–water partition coefficient (Wildman–Crippen LogP) is 0.849. The maximum absolute atomic E-state index is 12.5. The lowest BCUT2D eigenvalue weighted by Crippen LogP contribution is -2.48. The Kier molecular flexibility index (Phi) is 4.32. The first kappa shape index (κ1) is 14.6. The topological polar surface area (TPSA) is 64.7 Å². The Morgan fingerprint density at radius 3 is 2.38 bits per heavy atom. The molecule has 0 amide bonds. The Labute approximate surface area is 126 Å². The number of para-hydroxylation sites is 2. The summed E-state index contributed by atoms with van der Waals surface area (Å²) in [5, 5.41) is 3.16. The quantitative estimate of drug-likeness (QED) is 0.865. The van der Waals surface area contributed by atoms with E-state index >= 15 is 0 Å². The highest BCUT2D eigenvalue weighted by atomic mass is 32.2. The molecule has 2 aliphatic rings. The van der Waals surface area contributed by atoms with Crippen molar-refractivity contribution >= 4 is 21.6 Å². The second-order valence-electron chi connectivity index (χ2n) is 5.47. The van der Waals surface area contributed by atoms with E-state index in [-0.39, 0.29) is 0 Å². The van der Waals surface area contributed by atoms with Gasteiger partial charge in [0.15, 0.2) is 0 Å². The van der Waals surface area contributed by atoms with Crippen LogP contribution in [0, 0.1) is 0 Å². The summed E-state index contributed by atoms with van der Waals surface area (Å²) < 4.78 is 29.2. The summed E-state index contributed by atoms with van der Waals surface area (Å²) in [5.41, 5.74) is 1.66. The number of rotatable bonds is 4. The summed E-state index contributed by atoms with van der Waals surface area (Å²) in [7, 11) is -3.47. The molecule has 0 atom stereocenters. The van der Waals surface area contributed by atoms with Gasteiger partial charge in [-0.25, -0.2) is 0 Å². The third kappa shape index (κ3) is 3.30. The fourth-order valence-electron chi connectivity index (χ4n) is 2.88. The van der Waals surface area contributed by atoms with Crippen molar-refractivity contribution in [1.29, 1.82) is 0 Å². The van der Waals surface area contributed by atoms with Crippen molar-refractivity contribution in [2.24, 2.45) is 0 Å². The van der Waals surface area contributed by atoms with Crippen molar-refractivity contribution in [1.82, 2.24) is 9.62 Å². The SMILES string of the molecule is O=S(=O)(Nc1ccccc1N1CCCC1)N1CCNCC1. The molecule has 0 aliphatic carbocycles. The minimum atomic E-state index is -3.47. The number of piperazine rings is 1. The normalized spacial score (nSPS) is 20.7. The largest absolute Gasteiger partial charge is 0.370 e. The maximum Gasteiger partial charge on any atom is 0.301 e. The van der Waals surface area contributed by atoms with Crippen LogP contribution in [0.15, 0.2) is 24.3 Å². The zero-order valence-corrected chi connectivity index (χ0v) is 12.9. The molecule has 0 radical (unpaired) electrons. The van der Waals surface area contributed by atoms with E-state index in [0.29, 0.717) is 31.9 Å². The first-order valence-corrected chi connectivity index (χ1v) is 8.93. The minimum absolute atomic E-state index is 0.515. The van der Waals surface area contributed by atoms with Crippen LogP contribution in [0.1, 0.15) is 12.8 Å². The van der Waals surface area contributed by atoms with Gasteiger partial charge in [0.2, 0.25) is 0 Å². The summed E-state index contributed by atoms with van der Waals surface area (Å²) in [6.45, 7) is 4.42. The minimum Gasteiger partial charge on any atom is -0.370 e. The van der Waals surface area contributed by atoms with Crippen LogP contribution in [0.25, 0.3) is 0 Å². The fourth-order valence-corrected chi connectivity index (χ4v) is 4.12. The van der Waals surface area contributed by atoms with Crippen molar-refractivity contribution in [3.05, 3.63) is 24.3 Å². The van der Waals surface area contributed by atoms with Gasteiger partial charge < -0.3 is 10.2 Å². The van der Waals surface area contributed by atoms with E-state index in [2.05, 4.69) is 14.9 Å². The Balaban J connectivity index is 1.80. The number of nitrogens with zero attached hydrogens (tertiary/aromatic N) is 2. The number of benzene rings is 1. The van der Waals surface area contributed by atoms with E-state index in [1.54, 1.807) is 0 Å². The van der Waals surface area contributed by atoms with Gasteiger partial charge in [-0.1, -0.05) is 12.1 Å². The van der Waals surface area contributed by atoms with Crippen molar-refractivity contribution in [3.8, 4) is 0 Å². The first-order chi connectivity index (χ1) is 10.2. The van der Waals surface area contributed by atoms with Crippen molar-refractivity contribution in [2.75, 3.05) is 48.9 Å². The van der Waals surface area contributed by atoms with Crippen molar-refractivity contribution in [2.45, 2.75) is 12.8 Å². The molecule has 2 heterocycles. The highest BCUT2D eigenvalue weighted by molar-refractivity contribution is 7.90. The summed E-state index contributed by atoms with van der Waals surface area (Å²) >= 11 is 0. The molecule has 3 rings (SSSR count). The van der Waals surface area contributed by atoms with E-state index < -0.39 is 10.2 Å². The van der Waals surface area contributed by atoms with Gasteiger partial charge in [0.05, 0.1) is 11.4 Å². The Morgan fingerprint density at radius 2 is 1.67 bits per heavy atom. The second kappa shape index (κ2) is 6.21. The van der Waals surface area contributed by atoms with Gasteiger partial charge in [0.1, 0.15) is 0 Å². The highest BCUT2D eigenvalue weighted by Crippen LogP contribution is 2.29. The molecule has 1 aromatic rings. The molecule has 2 saturated heterocycles. The van der Waals surface area contributed by atoms with Crippen LogP contribution in [-0.2, 0) is 10.2 Å². The summed E-state index contributed by atoms with van der Waals surface area (Å²) in [6, 6.07) is 7.65. The van der Waals surface area contributed by atoms with Gasteiger partial charge in [-0.15, -0.1) is 0 Å². The zero-order chi connectivity index (χ0) is 14.7. The highest BCUT2D eigenvalue weighted by Gasteiger charge is 2.25. The number of hydrogen-bond donors (Lipinski definition) is 2. The lowest BCUT2D eigenvalue weighted by molar-refractivity contribution is 0.362. The third-order valence-electron chi connectivity index (χ3n) is 4.01. The molecule has 0 spiro atoms. The molecule has 2 aliphatic heterocycles. The Hall–Kier alpha value is -1.31. The number of anilines is 2. The van der Waals surface area contributed by atoms with E-state index in [1.165, 1.54) is 17.1 Å². The van der Waals surface area contributed by atoms with Gasteiger partial charge in [-0.3, -0.25) is 4.72 Å². The van der Waals surface area contributed by atoms with Gasteiger partial charge in [0.25, 0.3) is 0 Å². The summed E-state index contributed by atoms with van der Waals surface area (Å²) in [5.74, 6) is 0. The van der Waals surface area contributed by atoms with Gasteiger partial charge in [-0.05, 0) is 25.0 Å². The molecular formula is C14H22N4O2S. The van der Waals surface area contributed by atoms with Crippen LogP contribution < -0.4 is 14.9 Å². The van der Waals surface area contributed by atoms with E-state index in [0.717, 1.165) is 18.8 Å². The molecule has 0 bridgehead atoms. The average Bonchev–Trinajstić information content (AvgIpc) is 3.02. The molecule has 2 N–H and O–H groups in total. The zero-order valence-electron chi connectivity index (χ0n) is 12.1. The number of nitrogens with one attached hydrogen (secondary N) is 2. The van der Waals surface area contributed by atoms with E-state index in [1.807, 2.05) is 24.3 Å². The average molecular weight is 310 g/mol. The smallest absolute Gasteiger partial charge is 0.301 e. The maximum atomic E-state index is 12.5. The molecule has 0 saturated carbocycles. The van der Waals surface area contributed by atoms with Crippen LogP contribution in [0.2, 0.25) is 0 Å². The van der Waals surface area contributed by atoms with Crippen LogP contribution >= 0.6 is 0 Å². The molecule has 21 heavy (non-hydrogen) atoms. The Bertz CT molecular complexity index is 578. The van der Waals surface area contributed by atoms with Crippen LogP contribution in [0.4, 0.5) is 11.4 Å². The van der Waals surface area contributed by atoms with Gasteiger partial charge >= 0.3 is 10.2 Å². The van der Waals surface area contributed by atoms with Gasteiger partial charge in [-0.2, -0.15) is 12.7 Å². The van der Waals surface area contributed by atoms with Crippen molar-refractivity contribution < 1.29 is 8.42 Å².